The SMILES string of the molecule is COC(=O)C(Cc1cc(=O)[nH]c2ccccc12)(NC(=O)c1ccc(Cl)cc1)C(=O)OC. The number of pyridine rings is 1. The number of hydrogen-bond donors (Lipinski definition) is 2. The summed E-state index contributed by atoms with van der Waals surface area (Å²) in [5.41, 5.74) is -1.63. The predicted molar refractivity (Wildman–Crippen MR) is 114 cm³/mol. The largest absolute Gasteiger partial charge is 0.467 e. The van der Waals surface area contributed by atoms with Crippen molar-refractivity contribution < 1.29 is 23.9 Å². The molecule has 9 heteroatoms. The van der Waals surface area contributed by atoms with E-state index in [1.807, 2.05) is 0 Å². The molecule has 2 N–H and O–H groups in total. The number of carbonyl (C=O) groups is 3. The van der Waals surface area contributed by atoms with Crippen molar-refractivity contribution in [3.05, 3.63) is 81.1 Å². The van der Waals surface area contributed by atoms with E-state index in [0.717, 1.165) is 14.2 Å². The van der Waals surface area contributed by atoms with Gasteiger partial charge in [-0.1, -0.05) is 29.8 Å². The third-order valence-electron chi connectivity index (χ3n) is 4.79. The fraction of sp³-hybridized carbons (Fsp3) is 0.182. The van der Waals surface area contributed by atoms with Crippen LogP contribution in [-0.2, 0) is 25.5 Å². The molecule has 0 atom stereocenters. The lowest BCUT2D eigenvalue weighted by Crippen LogP contribution is -2.62. The van der Waals surface area contributed by atoms with Gasteiger partial charge in [-0.05, 0) is 35.9 Å². The second-order valence-corrected chi connectivity index (χ2v) is 7.17. The van der Waals surface area contributed by atoms with Gasteiger partial charge >= 0.3 is 11.9 Å². The van der Waals surface area contributed by atoms with E-state index in [0.29, 0.717) is 21.5 Å². The van der Waals surface area contributed by atoms with Crippen molar-refractivity contribution in [2.45, 2.75) is 12.0 Å². The molecule has 0 unspecified atom stereocenters. The maximum Gasteiger partial charge on any atom is 0.343 e. The van der Waals surface area contributed by atoms with E-state index in [9.17, 15) is 19.2 Å². The Labute approximate surface area is 182 Å². The maximum absolute atomic E-state index is 12.9. The van der Waals surface area contributed by atoms with Crippen LogP contribution in [0.1, 0.15) is 15.9 Å². The average Bonchev–Trinajstić information content (AvgIpc) is 2.77. The van der Waals surface area contributed by atoms with Crippen LogP contribution in [0.5, 0.6) is 0 Å². The van der Waals surface area contributed by atoms with Gasteiger partial charge in [-0.25, -0.2) is 9.59 Å². The molecule has 31 heavy (non-hydrogen) atoms. The van der Waals surface area contributed by atoms with Crippen LogP contribution in [0.25, 0.3) is 10.9 Å². The number of rotatable bonds is 6. The Morgan fingerprint density at radius 3 is 2.23 bits per heavy atom. The Bertz CT molecular complexity index is 1190. The lowest BCUT2D eigenvalue weighted by molar-refractivity contribution is -0.162. The molecule has 3 rings (SSSR count). The highest BCUT2D eigenvalue weighted by atomic mass is 35.5. The van der Waals surface area contributed by atoms with Crippen molar-refractivity contribution in [2.24, 2.45) is 0 Å². The van der Waals surface area contributed by atoms with Gasteiger partial charge < -0.3 is 19.8 Å². The number of aromatic nitrogens is 1. The summed E-state index contributed by atoms with van der Waals surface area (Å²) in [6.45, 7) is 0. The minimum absolute atomic E-state index is 0.164. The fourth-order valence-electron chi connectivity index (χ4n) is 3.30. The van der Waals surface area contributed by atoms with Crippen LogP contribution in [0.3, 0.4) is 0 Å². The molecule has 8 nitrogen and oxygen atoms in total. The summed E-state index contributed by atoms with van der Waals surface area (Å²) in [6, 6.07) is 14.0. The minimum atomic E-state index is -2.23. The van der Waals surface area contributed by atoms with Crippen LogP contribution in [0.2, 0.25) is 5.02 Å². The number of methoxy groups -OCH3 is 2. The molecule has 0 aliphatic carbocycles. The molecule has 0 radical (unpaired) electrons. The number of H-pyrrole nitrogens is 1. The van der Waals surface area contributed by atoms with Gasteiger partial charge in [0, 0.05) is 34.0 Å². The maximum atomic E-state index is 12.9. The number of halogens is 1. The average molecular weight is 443 g/mol. The van der Waals surface area contributed by atoms with Crippen molar-refractivity contribution in [3.63, 3.8) is 0 Å². The summed E-state index contributed by atoms with van der Waals surface area (Å²) in [6.07, 6.45) is -0.365. The molecule has 0 fully saturated rings. The summed E-state index contributed by atoms with van der Waals surface area (Å²) in [4.78, 5) is 53.4. The summed E-state index contributed by atoms with van der Waals surface area (Å²) in [5.74, 6) is -2.79. The van der Waals surface area contributed by atoms with Crippen molar-refractivity contribution in [3.8, 4) is 0 Å². The fourth-order valence-corrected chi connectivity index (χ4v) is 3.42. The number of ether oxygens (including phenoxy) is 2. The van der Waals surface area contributed by atoms with Crippen molar-refractivity contribution in [1.82, 2.24) is 10.3 Å². The standard InChI is InChI=1S/C22H19ClN2O6/c1-30-20(28)22(21(29)31-2,25-19(27)13-7-9-15(23)10-8-13)12-14-11-18(26)24-17-6-4-3-5-16(14)17/h3-11H,12H2,1-2H3,(H,24,26)(H,25,27). The second kappa shape index (κ2) is 9.01. The molecule has 1 heterocycles. The van der Waals surface area contributed by atoms with E-state index in [2.05, 4.69) is 10.3 Å². The quantitative estimate of drug-likeness (QED) is 0.447. The molecule has 2 aromatic carbocycles. The predicted octanol–water partition coefficient (Wildman–Crippen LogP) is 2.24. The molecule has 0 saturated heterocycles. The number of amides is 1. The van der Waals surface area contributed by atoms with E-state index in [1.54, 1.807) is 24.3 Å². The molecule has 0 spiro atoms. The summed E-state index contributed by atoms with van der Waals surface area (Å²) < 4.78 is 9.70. The molecular weight excluding hydrogens is 424 g/mol. The third kappa shape index (κ3) is 4.44. The lowest BCUT2D eigenvalue weighted by atomic mass is 9.88. The van der Waals surface area contributed by atoms with Gasteiger partial charge in [0.15, 0.2) is 0 Å². The first kappa shape index (κ1) is 22.0. The number of fused-ring (bicyclic) bond motifs is 1. The first-order valence-corrected chi connectivity index (χ1v) is 9.54. The zero-order valence-corrected chi connectivity index (χ0v) is 17.5. The van der Waals surface area contributed by atoms with Crippen LogP contribution >= 0.6 is 11.6 Å². The van der Waals surface area contributed by atoms with Crippen LogP contribution < -0.4 is 10.9 Å². The molecule has 0 saturated carbocycles. The lowest BCUT2D eigenvalue weighted by Gasteiger charge is -2.29. The van der Waals surface area contributed by atoms with Gasteiger partial charge in [-0.3, -0.25) is 9.59 Å². The zero-order chi connectivity index (χ0) is 22.6. The number of esters is 2. The van der Waals surface area contributed by atoms with Crippen LogP contribution in [-0.4, -0.2) is 42.6 Å². The van der Waals surface area contributed by atoms with Crippen LogP contribution in [0.4, 0.5) is 0 Å². The van der Waals surface area contributed by atoms with Gasteiger partial charge in [0.1, 0.15) is 0 Å². The second-order valence-electron chi connectivity index (χ2n) is 6.73. The molecule has 3 aromatic rings. The molecule has 160 valence electrons. The Morgan fingerprint density at radius 2 is 1.61 bits per heavy atom. The normalized spacial score (nSPS) is 11.1. The third-order valence-corrected chi connectivity index (χ3v) is 5.04. The molecule has 0 aliphatic rings. The van der Waals surface area contributed by atoms with Crippen molar-refractivity contribution in [1.29, 1.82) is 0 Å². The highest BCUT2D eigenvalue weighted by Crippen LogP contribution is 2.24. The summed E-state index contributed by atoms with van der Waals surface area (Å²) in [7, 11) is 2.18. The Kier molecular flexibility index (Phi) is 6.41. The minimum Gasteiger partial charge on any atom is -0.467 e. The van der Waals surface area contributed by atoms with Crippen molar-refractivity contribution >= 4 is 40.3 Å². The van der Waals surface area contributed by atoms with Gasteiger partial charge in [-0.2, -0.15) is 0 Å². The van der Waals surface area contributed by atoms with Gasteiger partial charge in [-0.15, -0.1) is 0 Å². The molecule has 1 amide bonds. The summed E-state index contributed by atoms with van der Waals surface area (Å²) >= 11 is 5.86. The van der Waals surface area contributed by atoms with E-state index >= 15 is 0 Å². The van der Waals surface area contributed by atoms with Gasteiger partial charge in [0.05, 0.1) is 14.2 Å². The van der Waals surface area contributed by atoms with Crippen LogP contribution in [0, 0.1) is 0 Å². The van der Waals surface area contributed by atoms with E-state index < -0.39 is 28.9 Å². The van der Waals surface area contributed by atoms with Gasteiger partial charge in [0.2, 0.25) is 11.1 Å². The van der Waals surface area contributed by atoms with E-state index in [4.69, 9.17) is 21.1 Å². The molecular formula is C22H19ClN2O6. The number of aromatic amines is 1. The number of carbonyl (C=O) groups excluding carboxylic acids is 3. The number of hydrogen-bond acceptors (Lipinski definition) is 6. The number of nitrogens with one attached hydrogen (secondary N) is 2. The number of para-hydroxylation sites is 1. The zero-order valence-electron chi connectivity index (χ0n) is 16.7. The van der Waals surface area contributed by atoms with E-state index in [-0.39, 0.29) is 12.0 Å². The van der Waals surface area contributed by atoms with Gasteiger partial charge in [0.25, 0.3) is 5.91 Å². The molecule has 1 aromatic heterocycles. The Morgan fingerprint density at radius 1 is 1.00 bits per heavy atom. The van der Waals surface area contributed by atoms with Crippen molar-refractivity contribution in [2.75, 3.05) is 14.2 Å². The number of benzene rings is 2. The Balaban J connectivity index is 2.13. The highest BCUT2D eigenvalue weighted by Gasteiger charge is 2.50. The topological polar surface area (TPSA) is 115 Å². The molecule has 0 bridgehead atoms. The summed E-state index contributed by atoms with van der Waals surface area (Å²) in [5, 5.41) is 3.47. The molecule has 0 aliphatic heterocycles. The highest BCUT2D eigenvalue weighted by molar-refractivity contribution is 6.30. The van der Waals surface area contributed by atoms with Crippen LogP contribution in [0.15, 0.2) is 59.4 Å². The van der Waals surface area contributed by atoms with E-state index in [1.165, 1.54) is 30.3 Å². The smallest absolute Gasteiger partial charge is 0.343 e. The first-order valence-electron chi connectivity index (χ1n) is 9.16. The Hall–Kier alpha value is -3.65. The monoisotopic (exact) mass is 442 g/mol. The first-order chi connectivity index (χ1) is 14.8.